The third-order valence-electron chi connectivity index (χ3n) is 3.70. The van der Waals surface area contributed by atoms with Crippen LogP contribution in [0.3, 0.4) is 0 Å². The van der Waals surface area contributed by atoms with E-state index in [1.54, 1.807) is 0 Å². The summed E-state index contributed by atoms with van der Waals surface area (Å²) in [5, 5.41) is 3.33. The van der Waals surface area contributed by atoms with E-state index in [0.29, 0.717) is 11.8 Å². The molecular formula is C15H28N2O. The molecule has 0 unspecified atom stereocenters. The molecule has 0 saturated carbocycles. The SMILES string of the molecule is C=C=C[C@]1(N)[C@H](C(C)C)O[C@H](CC(C)C)[C@@H]1NC. The average Bonchev–Trinajstić information content (AvgIpc) is 2.50. The second kappa shape index (κ2) is 6.03. The van der Waals surface area contributed by atoms with Crippen LogP contribution in [0, 0.1) is 11.8 Å². The highest BCUT2D eigenvalue weighted by atomic mass is 16.5. The lowest BCUT2D eigenvalue weighted by Gasteiger charge is -2.33. The van der Waals surface area contributed by atoms with Crippen LogP contribution < -0.4 is 11.1 Å². The summed E-state index contributed by atoms with van der Waals surface area (Å²) in [6.07, 6.45) is 3.04. The summed E-state index contributed by atoms with van der Waals surface area (Å²) in [5.74, 6) is 0.960. The molecule has 104 valence electrons. The van der Waals surface area contributed by atoms with Gasteiger partial charge in [-0.1, -0.05) is 34.3 Å². The minimum Gasteiger partial charge on any atom is -0.371 e. The number of rotatable bonds is 5. The molecular weight excluding hydrogens is 224 g/mol. The first kappa shape index (κ1) is 15.5. The summed E-state index contributed by atoms with van der Waals surface area (Å²) in [7, 11) is 1.95. The minimum atomic E-state index is -0.524. The molecule has 0 radical (unpaired) electrons. The van der Waals surface area contributed by atoms with E-state index >= 15 is 0 Å². The molecule has 18 heavy (non-hydrogen) atoms. The standard InChI is InChI=1S/C15H28N2O/c1-7-8-15(16)13(17-6)12(9-10(2)3)18-14(15)11(4)5/h8,10-14,17H,1,9,16H2,2-6H3/t12-,13+,14+,15-/m1/s1. The fourth-order valence-corrected chi connectivity index (χ4v) is 3.06. The van der Waals surface area contributed by atoms with Crippen LogP contribution in [0.5, 0.6) is 0 Å². The molecule has 1 rings (SSSR count). The summed E-state index contributed by atoms with van der Waals surface area (Å²) in [6, 6.07) is 0.113. The van der Waals surface area contributed by atoms with Crippen LogP contribution >= 0.6 is 0 Å². The van der Waals surface area contributed by atoms with Crippen molar-refractivity contribution in [3.63, 3.8) is 0 Å². The van der Waals surface area contributed by atoms with Crippen molar-refractivity contribution in [2.45, 2.75) is 57.9 Å². The van der Waals surface area contributed by atoms with Crippen LogP contribution in [-0.2, 0) is 4.74 Å². The molecule has 1 heterocycles. The maximum atomic E-state index is 6.59. The van der Waals surface area contributed by atoms with Gasteiger partial charge in [-0.05, 0) is 31.4 Å². The average molecular weight is 252 g/mol. The Kier molecular flexibility index (Phi) is 5.18. The zero-order valence-corrected chi connectivity index (χ0v) is 12.4. The minimum absolute atomic E-state index is 0.00736. The maximum absolute atomic E-state index is 6.59. The molecule has 1 fully saturated rings. The van der Waals surface area contributed by atoms with Crippen molar-refractivity contribution < 1.29 is 4.74 Å². The van der Waals surface area contributed by atoms with E-state index < -0.39 is 5.54 Å². The monoisotopic (exact) mass is 252 g/mol. The van der Waals surface area contributed by atoms with Gasteiger partial charge >= 0.3 is 0 Å². The van der Waals surface area contributed by atoms with Crippen molar-refractivity contribution in [3.8, 4) is 0 Å². The number of hydrogen-bond acceptors (Lipinski definition) is 3. The van der Waals surface area contributed by atoms with E-state index in [2.05, 4.69) is 45.3 Å². The Morgan fingerprint density at radius 1 is 1.44 bits per heavy atom. The van der Waals surface area contributed by atoms with E-state index in [1.807, 2.05) is 13.1 Å². The molecule has 3 nitrogen and oxygen atoms in total. The lowest BCUT2D eigenvalue weighted by molar-refractivity contribution is -0.00260. The quantitative estimate of drug-likeness (QED) is 0.737. The highest BCUT2D eigenvalue weighted by molar-refractivity contribution is 5.20. The highest BCUT2D eigenvalue weighted by Gasteiger charge is 2.52. The zero-order chi connectivity index (χ0) is 13.9. The van der Waals surface area contributed by atoms with Gasteiger partial charge < -0.3 is 15.8 Å². The van der Waals surface area contributed by atoms with Crippen LogP contribution in [0.2, 0.25) is 0 Å². The Labute approximate surface area is 111 Å². The summed E-state index contributed by atoms with van der Waals surface area (Å²) in [4.78, 5) is 0. The van der Waals surface area contributed by atoms with Crippen molar-refractivity contribution in [1.29, 1.82) is 0 Å². The number of ether oxygens (including phenoxy) is 1. The molecule has 0 aromatic carbocycles. The van der Waals surface area contributed by atoms with Crippen LogP contribution in [0.4, 0.5) is 0 Å². The predicted octanol–water partition coefficient (Wildman–Crippen LogP) is 2.08. The number of nitrogens with two attached hydrogens (primary N) is 1. The molecule has 3 heteroatoms. The van der Waals surface area contributed by atoms with Gasteiger partial charge in [0, 0.05) is 0 Å². The molecule has 0 aliphatic carbocycles. The molecule has 0 spiro atoms. The fourth-order valence-electron chi connectivity index (χ4n) is 3.06. The number of hydrogen-bond donors (Lipinski definition) is 2. The number of nitrogens with one attached hydrogen (secondary N) is 1. The van der Waals surface area contributed by atoms with Gasteiger partial charge in [-0.25, -0.2) is 0 Å². The zero-order valence-electron chi connectivity index (χ0n) is 12.4. The van der Waals surface area contributed by atoms with Crippen molar-refractivity contribution in [3.05, 3.63) is 18.4 Å². The summed E-state index contributed by atoms with van der Waals surface area (Å²) < 4.78 is 6.22. The molecule has 3 N–H and O–H groups in total. The normalized spacial score (nSPS) is 36.1. The van der Waals surface area contributed by atoms with Gasteiger partial charge in [-0.15, -0.1) is 5.73 Å². The van der Waals surface area contributed by atoms with E-state index in [-0.39, 0.29) is 18.2 Å². The Hall–Kier alpha value is -0.600. The van der Waals surface area contributed by atoms with Gasteiger partial charge in [0.15, 0.2) is 0 Å². The molecule has 1 aliphatic rings. The Bertz CT molecular complexity index is 320. The van der Waals surface area contributed by atoms with E-state index in [4.69, 9.17) is 10.5 Å². The van der Waals surface area contributed by atoms with Crippen molar-refractivity contribution >= 4 is 0 Å². The lowest BCUT2D eigenvalue weighted by Crippen LogP contribution is -2.60. The van der Waals surface area contributed by atoms with Gasteiger partial charge in [0.1, 0.15) is 0 Å². The topological polar surface area (TPSA) is 47.3 Å². The molecule has 0 bridgehead atoms. The lowest BCUT2D eigenvalue weighted by atomic mass is 9.80. The van der Waals surface area contributed by atoms with Gasteiger partial charge in [-0.3, -0.25) is 0 Å². The molecule has 0 amide bonds. The Balaban J connectivity index is 3.06. The number of likely N-dealkylation sites (N-methyl/N-ethyl adjacent to an activating group) is 1. The molecule has 0 aromatic heterocycles. The predicted molar refractivity (Wildman–Crippen MR) is 76.4 cm³/mol. The summed E-state index contributed by atoms with van der Waals surface area (Å²) >= 11 is 0. The van der Waals surface area contributed by atoms with Gasteiger partial charge in [-0.2, -0.15) is 0 Å². The Morgan fingerprint density at radius 2 is 2.06 bits per heavy atom. The van der Waals surface area contributed by atoms with Crippen molar-refractivity contribution in [2.75, 3.05) is 7.05 Å². The van der Waals surface area contributed by atoms with E-state index in [0.717, 1.165) is 6.42 Å². The van der Waals surface area contributed by atoms with Crippen molar-refractivity contribution in [2.24, 2.45) is 17.6 Å². The van der Waals surface area contributed by atoms with E-state index in [1.165, 1.54) is 0 Å². The first-order chi connectivity index (χ1) is 8.36. The molecule has 1 aliphatic heterocycles. The van der Waals surface area contributed by atoms with Crippen LogP contribution in [-0.4, -0.2) is 30.8 Å². The van der Waals surface area contributed by atoms with Crippen molar-refractivity contribution in [1.82, 2.24) is 5.32 Å². The second-order valence-electron chi connectivity index (χ2n) is 6.08. The smallest absolute Gasteiger partial charge is 0.0863 e. The fraction of sp³-hybridized carbons (Fsp3) is 0.800. The Morgan fingerprint density at radius 3 is 2.44 bits per heavy atom. The molecule has 1 saturated heterocycles. The maximum Gasteiger partial charge on any atom is 0.0863 e. The summed E-state index contributed by atoms with van der Waals surface area (Å²) in [5.41, 5.74) is 8.92. The largest absolute Gasteiger partial charge is 0.371 e. The highest BCUT2D eigenvalue weighted by Crippen LogP contribution is 2.36. The van der Waals surface area contributed by atoms with Crippen LogP contribution in [0.1, 0.15) is 34.1 Å². The molecule has 4 atom stereocenters. The first-order valence-corrected chi connectivity index (χ1v) is 6.85. The third kappa shape index (κ3) is 2.86. The third-order valence-corrected chi connectivity index (χ3v) is 3.70. The van der Waals surface area contributed by atoms with Gasteiger partial charge in [0.25, 0.3) is 0 Å². The van der Waals surface area contributed by atoms with Crippen LogP contribution in [0.15, 0.2) is 18.4 Å². The first-order valence-electron chi connectivity index (χ1n) is 6.85. The van der Waals surface area contributed by atoms with Gasteiger partial charge in [0.2, 0.25) is 0 Å². The summed E-state index contributed by atoms with van der Waals surface area (Å²) in [6.45, 7) is 12.4. The molecule has 0 aromatic rings. The van der Waals surface area contributed by atoms with Crippen LogP contribution in [0.25, 0.3) is 0 Å². The van der Waals surface area contributed by atoms with Gasteiger partial charge in [0.05, 0.1) is 23.8 Å². The second-order valence-corrected chi connectivity index (χ2v) is 6.08. The van der Waals surface area contributed by atoms with E-state index in [9.17, 15) is 0 Å².